The molecule has 1 N–H and O–H groups in total. The topological polar surface area (TPSA) is 34.1 Å². The van der Waals surface area contributed by atoms with Crippen molar-refractivity contribution in [2.45, 2.75) is 32.9 Å². The minimum Gasteiger partial charge on any atom is -0.375 e. The Balaban J connectivity index is 1.90. The summed E-state index contributed by atoms with van der Waals surface area (Å²) < 4.78 is 6.90. The molecule has 3 nitrogen and oxygen atoms in total. The van der Waals surface area contributed by atoms with Crippen LogP contribution < -0.4 is 5.32 Å². The molecule has 0 radical (unpaired) electrons. The van der Waals surface area contributed by atoms with Crippen molar-refractivity contribution < 1.29 is 4.74 Å². The van der Waals surface area contributed by atoms with Crippen LogP contribution in [0.1, 0.15) is 25.8 Å². The molecule has 0 spiro atoms. The second-order valence-electron chi connectivity index (χ2n) is 4.87. The predicted molar refractivity (Wildman–Crippen MR) is 77.0 cm³/mol. The third-order valence-corrected chi connectivity index (χ3v) is 3.74. The second kappa shape index (κ2) is 5.78. The van der Waals surface area contributed by atoms with Gasteiger partial charge in [0.05, 0.1) is 15.8 Å². The Bertz CT molecular complexity index is 474. The number of nitrogens with one attached hydrogen (secondary N) is 1. The molecule has 2 rings (SSSR count). The predicted octanol–water partition coefficient (Wildman–Crippen LogP) is 3.20. The van der Waals surface area contributed by atoms with Crippen LogP contribution in [0.2, 0.25) is 0 Å². The third-order valence-electron chi connectivity index (χ3n) is 2.70. The maximum absolute atomic E-state index is 5.65. The van der Waals surface area contributed by atoms with Crippen molar-refractivity contribution in [3.8, 4) is 0 Å². The van der Waals surface area contributed by atoms with Crippen LogP contribution >= 0.6 is 11.3 Å². The molecule has 1 aromatic carbocycles. The number of ether oxygens (including phenoxy) is 1. The fraction of sp³-hybridized carbons (Fsp3) is 0.500. The number of rotatable bonds is 6. The molecule has 0 bridgehead atoms. The van der Waals surface area contributed by atoms with Gasteiger partial charge in [-0.1, -0.05) is 12.1 Å². The summed E-state index contributed by atoms with van der Waals surface area (Å²) in [5, 5.41) is 4.54. The zero-order chi connectivity index (χ0) is 13.0. The summed E-state index contributed by atoms with van der Waals surface area (Å²) in [6.07, 6.45) is 0. The molecular weight excluding hydrogens is 244 g/mol. The zero-order valence-electron chi connectivity index (χ0n) is 11.2. The number of benzene rings is 1. The van der Waals surface area contributed by atoms with Gasteiger partial charge in [-0.25, -0.2) is 4.98 Å². The third kappa shape index (κ3) is 3.51. The normalized spacial score (nSPS) is 12.2. The molecule has 4 heteroatoms. The van der Waals surface area contributed by atoms with Gasteiger partial charge < -0.3 is 10.1 Å². The van der Waals surface area contributed by atoms with E-state index in [2.05, 4.69) is 42.3 Å². The Kier molecular flexibility index (Phi) is 4.32. The monoisotopic (exact) mass is 264 g/mol. The molecule has 0 unspecified atom stereocenters. The Labute approximate surface area is 112 Å². The van der Waals surface area contributed by atoms with E-state index in [-0.39, 0.29) is 5.60 Å². The lowest BCUT2D eigenvalue weighted by molar-refractivity contribution is -0.00897. The summed E-state index contributed by atoms with van der Waals surface area (Å²) in [4.78, 5) is 4.59. The highest BCUT2D eigenvalue weighted by atomic mass is 32.1. The summed E-state index contributed by atoms with van der Waals surface area (Å²) in [7, 11) is 0. The fourth-order valence-corrected chi connectivity index (χ4v) is 2.84. The quantitative estimate of drug-likeness (QED) is 0.870. The van der Waals surface area contributed by atoms with E-state index < -0.39 is 0 Å². The van der Waals surface area contributed by atoms with Crippen LogP contribution in [0.15, 0.2) is 24.3 Å². The highest BCUT2D eigenvalue weighted by Gasteiger charge is 2.16. The smallest absolute Gasteiger partial charge is 0.108 e. The Morgan fingerprint density at radius 3 is 2.83 bits per heavy atom. The molecule has 2 aromatic rings. The minimum atomic E-state index is -0.120. The summed E-state index contributed by atoms with van der Waals surface area (Å²) in [5.74, 6) is 0. The van der Waals surface area contributed by atoms with Crippen LogP contribution in [-0.2, 0) is 11.3 Å². The Morgan fingerprint density at radius 2 is 2.11 bits per heavy atom. The SMILES string of the molecule is CCOC(C)(C)CNCc1nc2ccccc2s1. The van der Waals surface area contributed by atoms with E-state index in [1.807, 2.05) is 13.0 Å². The van der Waals surface area contributed by atoms with Crippen molar-refractivity contribution >= 4 is 21.6 Å². The van der Waals surface area contributed by atoms with Crippen LogP contribution in [0.3, 0.4) is 0 Å². The van der Waals surface area contributed by atoms with Crippen LogP contribution in [0.4, 0.5) is 0 Å². The zero-order valence-corrected chi connectivity index (χ0v) is 12.0. The lowest BCUT2D eigenvalue weighted by Crippen LogP contribution is -2.37. The highest BCUT2D eigenvalue weighted by Crippen LogP contribution is 2.21. The van der Waals surface area contributed by atoms with Crippen LogP contribution in [0, 0.1) is 0 Å². The Morgan fingerprint density at radius 1 is 1.33 bits per heavy atom. The number of nitrogens with zero attached hydrogens (tertiary/aromatic N) is 1. The molecule has 0 aliphatic carbocycles. The first-order valence-electron chi connectivity index (χ1n) is 6.30. The molecule has 0 amide bonds. The average Bonchev–Trinajstić information content (AvgIpc) is 2.71. The van der Waals surface area contributed by atoms with E-state index in [0.29, 0.717) is 0 Å². The molecule has 0 aliphatic heterocycles. The van der Waals surface area contributed by atoms with Gasteiger partial charge in [0.25, 0.3) is 0 Å². The van der Waals surface area contributed by atoms with Crippen LogP contribution in [-0.4, -0.2) is 23.7 Å². The van der Waals surface area contributed by atoms with E-state index in [1.54, 1.807) is 11.3 Å². The van der Waals surface area contributed by atoms with Crippen molar-refractivity contribution in [2.75, 3.05) is 13.2 Å². The van der Waals surface area contributed by atoms with Crippen LogP contribution in [0.5, 0.6) is 0 Å². The van der Waals surface area contributed by atoms with Gasteiger partial charge in [-0.15, -0.1) is 11.3 Å². The van der Waals surface area contributed by atoms with Crippen molar-refractivity contribution in [1.82, 2.24) is 10.3 Å². The first kappa shape index (κ1) is 13.5. The van der Waals surface area contributed by atoms with Crippen molar-refractivity contribution in [1.29, 1.82) is 0 Å². The first-order valence-corrected chi connectivity index (χ1v) is 7.11. The fourth-order valence-electron chi connectivity index (χ4n) is 1.91. The molecule has 0 saturated carbocycles. The first-order chi connectivity index (χ1) is 8.61. The van der Waals surface area contributed by atoms with Gasteiger partial charge in [0.1, 0.15) is 5.01 Å². The maximum atomic E-state index is 5.65. The standard InChI is InChI=1S/C14H20N2OS/c1-4-17-14(2,3)10-15-9-13-16-11-7-5-6-8-12(11)18-13/h5-8,15H,4,9-10H2,1-3H3. The Hall–Kier alpha value is -0.970. The van der Waals surface area contributed by atoms with Gasteiger partial charge >= 0.3 is 0 Å². The molecule has 0 aliphatic rings. The summed E-state index contributed by atoms with van der Waals surface area (Å²) >= 11 is 1.75. The van der Waals surface area contributed by atoms with Crippen molar-refractivity contribution in [2.24, 2.45) is 0 Å². The molecule has 98 valence electrons. The van der Waals surface area contributed by atoms with Crippen molar-refractivity contribution in [3.05, 3.63) is 29.3 Å². The van der Waals surface area contributed by atoms with Crippen LogP contribution in [0.25, 0.3) is 10.2 Å². The maximum Gasteiger partial charge on any atom is 0.108 e. The van der Waals surface area contributed by atoms with E-state index in [0.717, 1.165) is 30.2 Å². The number of fused-ring (bicyclic) bond motifs is 1. The molecule has 0 fully saturated rings. The molecule has 0 atom stereocenters. The molecule has 1 aromatic heterocycles. The van der Waals surface area contributed by atoms with E-state index in [1.165, 1.54) is 4.70 Å². The van der Waals surface area contributed by atoms with Gasteiger partial charge in [0, 0.05) is 19.7 Å². The lowest BCUT2D eigenvalue weighted by atomic mass is 10.1. The molecular formula is C14H20N2OS. The van der Waals surface area contributed by atoms with Gasteiger partial charge in [-0.3, -0.25) is 0 Å². The molecule has 18 heavy (non-hydrogen) atoms. The van der Waals surface area contributed by atoms with E-state index in [9.17, 15) is 0 Å². The van der Waals surface area contributed by atoms with E-state index in [4.69, 9.17) is 4.74 Å². The van der Waals surface area contributed by atoms with Gasteiger partial charge in [-0.05, 0) is 32.9 Å². The summed E-state index contributed by atoms with van der Waals surface area (Å²) in [5.41, 5.74) is 0.967. The number of hydrogen-bond acceptors (Lipinski definition) is 4. The number of aromatic nitrogens is 1. The number of para-hydroxylation sites is 1. The summed E-state index contributed by atoms with van der Waals surface area (Å²) in [6, 6.07) is 8.24. The lowest BCUT2D eigenvalue weighted by Gasteiger charge is -2.24. The van der Waals surface area contributed by atoms with Gasteiger partial charge in [0.2, 0.25) is 0 Å². The second-order valence-corrected chi connectivity index (χ2v) is 5.99. The largest absolute Gasteiger partial charge is 0.375 e. The minimum absolute atomic E-state index is 0.120. The highest BCUT2D eigenvalue weighted by molar-refractivity contribution is 7.18. The van der Waals surface area contributed by atoms with Gasteiger partial charge in [0.15, 0.2) is 0 Å². The molecule has 1 heterocycles. The van der Waals surface area contributed by atoms with Gasteiger partial charge in [-0.2, -0.15) is 0 Å². The average molecular weight is 264 g/mol. The molecule has 0 saturated heterocycles. The number of hydrogen-bond donors (Lipinski definition) is 1. The number of thiazole rings is 1. The van der Waals surface area contributed by atoms with E-state index >= 15 is 0 Å². The van der Waals surface area contributed by atoms with Crippen molar-refractivity contribution in [3.63, 3.8) is 0 Å². The summed E-state index contributed by atoms with van der Waals surface area (Å²) in [6.45, 7) is 8.60.